The first-order chi connectivity index (χ1) is 10.9. The van der Waals surface area contributed by atoms with Gasteiger partial charge in [0.15, 0.2) is 5.96 Å². The van der Waals surface area contributed by atoms with E-state index in [9.17, 15) is 8.42 Å². The molecular formula is C17H28IN3O2S. The van der Waals surface area contributed by atoms with Crippen molar-refractivity contribution in [1.82, 2.24) is 0 Å². The zero-order valence-electron chi connectivity index (χ0n) is 14.4. The van der Waals surface area contributed by atoms with Gasteiger partial charge in [-0.3, -0.25) is 4.99 Å². The first-order valence-corrected chi connectivity index (χ1v) is 10.2. The fourth-order valence-corrected chi connectivity index (χ4v) is 4.51. The SMILES string of the molecule is CCc1cccc(CC)c1NC(N)=NCC1CCS(=O)(=O)CC1.I. The van der Waals surface area contributed by atoms with Gasteiger partial charge in [-0.05, 0) is 42.7 Å². The number of halogens is 1. The summed E-state index contributed by atoms with van der Waals surface area (Å²) in [5, 5.41) is 3.25. The van der Waals surface area contributed by atoms with Gasteiger partial charge in [0.25, 0.3) is 0 Å². The topological polar surface area (TPSA) is 84.5 Å². The van der Waals surface area contributed by atoms with Crippen LogP contribution in [0.5, 0.6) is 0 Å². The molecule has 0 aromatic heterocycles. The van der Waals surface area contributed by atoms with Crippen molar-refractivity contribution in [2.75, 3.05) is 23.4 Å². The maximum absolute atomic E-state index is 11.4. The van der Waals surface area contributed by atoms with Crippen LogP contribution >= 0.6 is 24.0 Å². The maximum atomic E-state index is 11.4. The second kappa shape index (κ2) is 9.60. The molecule has 3 N–H and O–H groups in total. The molecule has 0 spiro atoms. The van der Waals surface area contributed by atoms with Crippen molar-refractivity contribution >= 4 is 45.5 Å². The zero-order valence-corrected chi connectivity index (χ0v) is 17.6. The summed E-state index contributed by atoms with van der Waals surface area (Å²) in [6.45, 7) is 4.83. The van der Waals surface area contributed by atoms with E-state index in [4.69, 9.17) is 5.73 Å². The number of sulfone groups is 1. The summed E-state index contributed by atoms with van der Waals surface area (Å²) in [4.78, 5) is 4.43. The molecule has 7 heteroatoms. The van der Waals surface area contributed by atoms with E-state index < -0.39 is 9.84 Å². The van der Waals surface area contributed by atoms with Gasteiger partial charge in [-0.15, -0.1) is 24.0 Å². The summed E-state index contributed by atoms with van der Waals surface area (Å²) < 4.78 is 22.9. The lowest BCUT2D eigenvalue weighted by atomic mass is 10.0. The normalized spacial score (nSPS) is 18.0. The Morgan fingerprint density at radius 3 is 2.25 bits per heavy atom. The van der Waals surface area contributed by atoms with Crippen molar-refractivity contribution in [1.29, 1.82) is 0 Å². The van der Waals surface area contributed by atoms with Crippen LogP contribution < -0.4 is 11.1 Å². The first-order valence-electron chi connectivity index (χ1n) is 8.33. The molecule has 0 atom stereocenters. The molecule has 0 radical (unpaired) electrons. The summed E-state index contributed by atoms with van der Waals surface area (Å²) in [5.74, 6) is 1.28. The van der Waals surface area contributed by atoms with Gasteiger partial charge in [-0.25, -0.2) is 8.42 Å². The van der Waals surface area contributed by atoms with Crippen molar-refractivity contribution < 1.29 is 8.42 Å². The van der Waals surface area contributed by atoms with Crippen LogP contribution in [0, 0.1) is 5.92 Å². The van der Waals surface area contributed by atoms with Gasteiger partial charge in [0.1, 0.15) is 9.84 Å². The maximum Gasteiger partial charge on any atom is 0.193 e. The summed E-state index contributed by atoms with van der Waals surface area (Å²) in [6, 6.07) is 6.26. The van der Waals surface area contributed by atoms with Gasteiger partial charge in [-0.2, -0.15) is 0 Å². The van der Waals surface area contributed by atoms with Crippen molar-refractivity contribution in [3.8, 4) is 0 Å². The highest BCUT2D eigenvalue weighted by Crippen LogP contribution is 2.23. The largest absolute Gasteiger partial charge is 0.370 e. The van der Waals surface area contributed by atoms with Gasteiger partial charge in [0, 0.05) is 12.2 Å². The van der Waals surface area contributed by atoms with E-state index >= 15 is 0 Å². The van der Waals surface area contributed by atoms with Crippen LogP contribution in [0.15, 0.2) is 23.2 Å². The molecule has 0 bridgehead atoms. The van der Waals surface area contributed by atoms with Gasteiger partial charge in [0.2, 0.25) is 0 Å². The van der Waals surface area contributed by atoms with E-state index in [1.54, 1.807) is 0 Å². The third kappa shape index (κ3) is 5.91. The number of aliphatic imine (C=N–C) groups is 1. The molecule has 1 fully saturated rings. The molecule has 0 unspecified atom stereocenters. The Hall–Kier alpha value is -0.830. The molecule has 0 amide bonds. The molecule has 24 heavy (non-hydrogen) atoms. The molecule has 0 saturated carbocycles. The Morgan fingerprint density at radius 1 is 1.21 bits per heavy atom. The minimum absolute atomic E-state index is 0. The van der Waals surface area contributed by atoms with Gasteiger partial charge < -0.3 is 11.1 Å². The van der Waals surface area contributed by atoms with Crippen LogP contribution in [-0.4, -0.2) is 32.4 Å². The average molecular weight is 465 g/mol. The monoisotopic (exact) mass is 465 g/mol. The van der Waals surface area contributed by atoms with Gasteiger partial charge >= 0.3 is 0 Å². The number of guanidine groups is 1. The van der Waals surface area contributed by atoms with Crippen LogP contribution in [0.4, 0.5) is 5.69 Å². The fraction of sp³-hybridized carbons (Fsp3) is 0.588. The highest BCUT2D eigenvalue weighted by atomic mass is 127. The molecule has 1 aromatic rings. The number of para-hydroxylation sites is 1. The Kier molecular flexibility index (Phi) is 8.49. The summed E-state index contributed by atoms with van der Waals surface area (Å²) in [7, 11) is -2.82. The molecule has 1 aromatic carbocycles. The Balaban J connectivity index is 0.00000288. The van der Waals surface area contributed by atoms with E-state index in [1.165, 1.54) is 11.1 Å². The molecule has 2 rings (SSSR count). The third-order valence-corrected chi connectivity index (χ3v) is 6.16. The molecular weight excluding hydrogens is 437 g/mol. The Bertz CT molecular complexity index is 638. The number of rotatable bonds is 5. The molecule has 136 valence electrons. The van der Waals surface area contributed by atoms with E-state index in [-0.39, 0.29) is 35.5 Å². The Labute approximate surface area is 162 Å². The van der Waals surface area contributed by atoms with Crippen molar-refractivity contribution in [2.45, 2.75) is 39.5 Å². The third-order valence-electron chi connectivity index (χ3n) is 4.45. The van der Waals surface area contributed by atoms with Crippen LogP contribution in [0.3, 0.4) is 0 Å². The Morgan fingerprint density at radius 2 is 1.75 bits per heavy atom. The fourth-order valence-electron chi connectivity index (χ4n) is 2.92. The smallest absolute Gasteiger partial charge is 0.193 e. The van der Waals surface area contributed by atoms with E-state index in [0.717, 1.165) is 18.5 Å². The predicted molar refractivity (Wildman–Crippen MR) is 112 cm³/mol. The number of nitrogens with one attached hydrogen (secondary N) is 1. The summed E-state index contributed by atoms with van der Waals surface area (Å²) in [6.07, 6.45) is 3.24. The quantitative estimate of drug-likeness (QED) is 0.398. The highest BCUT2D eigenvalue weighted by molar-refractivity contribution is 14.0. The van der Waals surface area contributed by atoms with Gasteiger partial charge in [-0.1, -0.05) is 32.0 Å². The molecule has 1 saturated heterocycles. The van der Waals surface area contributed by atoms with Crippen LogP contribution in [0.25, 0.3) is 0 Å². The number of benzene rings is 1. The standard InChI is InChI=1S/C17H27N3O2S.HI/c1-3-14-6-5-7-15(4-2)16(14)20-17(18)19-12-13-8-10-23(21,22)11-9-13;/h5-7,13H,3-4,8-12H2,1-2H3,(H3,18,19,20);1H. The number of anilines is 1. The van der Waals surface area contributed by atoms with Gasteiger partial charge in [0.05, 0.1) is 11.5 Å². The second-order valence-corrected chi connectivity index (χ2v) is 8.41. The molecule has 5 nitrogen and oxygen atoms in total. The number of aryl methyl sites for hydroxylation is 2. The van der Waals surface area contributed by atoms with Crippen LogP contribution in [0.2, 0.25) is 0 Å². The average Bonchev–Trinajstić information content (AvgIpc) is 2.54. The van der Waals surface area contributed by atoms with E-state index in [0.29, 0.717) is 31.3 Å². The van der Waals surface area contributed by atoms with E-state index in [2.05, 4.69) is 42.4 Å². The molecule has 1 aliphatic rings. The highest BCUT2D eigenvalue weighted by Gasteiger charge is 2.23. The lowest BCUT2D eigenvalue weighted by molar-refractivity contribution is 0.475. The predicted octanol–water partition coefficient (Wildman–Crippen LogP) is 2.98. The number of nitrogens with zero attached hydrogens (tertiary/aromatic N) is 1. The van der Waals surface area contributed by atoms with Crippen LogP contribution in [-0.2, 0) is 22.7 Å². The minimum Gasteiger partial charge on any atom is -0.370 e. The molecule has 1 heterocycles. The lowest BCUT2D eigenvalue weighted by Crippen LogP contribution is -2.28. The van der Waals surface area contributed by atoms with E-state index in [1.807, 2.05) is 0 Å². The summed E-state index contributed by atoms with van der Waals surface area (Å²) in [5.41, 5.74) is 9.56. The lowest BCUT2D eigenvalue weighted by Gasteiger charge is -2.20. The number of hydrogen-bond donors (Lipinski definition) is 2. The molecule has 1 aliphatic heterocycles. The van der Waals surface area contributed by atoms with Crippen LogP contribution in [0.1, 0.15) is 37.8 Å². The van der Waals surface area contributed by atoms with Crippen molar-refractivity contribution in [3.05, 3.63) is 29.3 Å². The number of nitrogens with two attached hydrogens (primary N) is 1. The minimum atomic E-state index is -2.82. The first kappa shape index (κ1) is 21.2. The van der Waals surface area contributed by atoms with Crippen molar-refractivity contribution in [2.24, 2.45) is 16.6 Å². The number of hydrogen-bond acceptors (Lipinski definition) is 3. The summed E-state index contributed by atoms with van der Waals surface area (Å²) >= 11 is 0. The second-order valence-electron chi connectivity index (χ2n) is 6.10. The zero-order chi connectivity index (χ0) is 16.9. The van der Waals surface area contributed by atoms with Crippen molar-refractivity contribution in [3.63, 3.8) is 0 Å². The molecule has 0 aliphatic carbocycles.